The van der Waals surface area contributed by atoms with Gasteiger partial charge in [0.15, 0.2) is 5.16 Å². The lowest BCUT2D eigenvalue weighted by atomic mass is 9.89. The Balaban J connectivity index is 2.75. The molecule has 0 aliphatic carbocycles. The number of hydrogen-bond acceptors (Lipinski definition) is 5. The van der Waals surface area contributed by atoms with Gasteiger partial charge in [-0.25, -0.2) is 0 Å². The van der Waals surface area contributed by atoms with Crippen molar-refractivity contribution in [1.29, 1.82) is 0 Å². The smallest absolute Gasteiger partial charge is 0.352 e. The summed E-state index contributed by atoms with van der Waals surface area (Å²) in [6.07, 6.45) is 0. The predicted octanol–water partition coefficient (Wildman–Crippen LogP) is 5.71. The zero-order chi connectivity index (χ0) is 20.8. The molecular weight excluding hydrogens is 375 g/mol. The van der Waals surface area contributed by atoms with Crippen LogP contribution in [0.2, 0.25) is 0 Å². The molecule has 6 heteroatoms. The van der Waals surface area contributed by atoms with Gasteiger partial charge < -0.3 is 13.8 Å². The maximum absolute atomic E-state index is 13.8. The van der Waals surface area contributed by atoms with Crippen molar-refractivity contribution >= 4 is 13.6 Å². The molecule has 0 amide bonds. The Labute approximate surface area is 167 Å². The second-order valence-corrected chi connectivity index (χ2v) is 8.88. The molecule has 5 nitrogen and oxygen atoms in total. The first-order valence-corrected chi connectivity index (χ1v) is 11.1. The Kier molecular flexibility index (Phi) is 7.59. The van der Waals surface area contributed by atoms with Crippen LogP contribution in [-0.4, -0.2) is 25.8 Å². The largest absolute Gasteiger partial charge is 0.465 e. The van der Waals surface area contributed by atoms with Crippen molar-refractivity contribution in [3.05, 3.63) is 59.7 Å². The molecular formula is C22H29O5P. The Bertz CT molecular complexity index is 839. The molecule has 2 aromatic carbocycles. The Hall–Kier alpha value is -1.94. The molecule has 2 aromatic rings. The van der Waals surface area contributed by atoms with Gasteiger partial charge in [-0.3, -0.25) is 9.36 Å². The summed E-state index contributed by atoms with van der Waals surface area (Å²) in [5.74, 6) is -0.617. The van der Waals surface area contributed by atoms with Gasteiger partial charge in [0.25, 0.3) is 0 Å². The number of carbonyl (C=O) groups excluding carboxylic acids is 1. The SMILES string of the molecule is CCOC(=O)C(C)(c1cccc(-c2ccccc2)c1C)P(=O)(OCC)OCC. The summed E-state index contributed by atoms with van der Waals surface area (Å²) < 4.78 is 30.3. The van der Waals surface area contributed by atoms with Gasteiger partial charge >= 0.3 is 13.6 Å². The van der Waals surface area contributed by atoms with Crippen molar-refractivity contribution in [3.8, 4) is 11.1 Å². The highest BCUT2D eigenvalue weighted by atomic mass is 31.2. The zero-order valence-corrected chi connectivity index (χ0v) is 18.1. The maximum atomic E-state index is 13.8. The van der Waals surface area contributed by atoms with Crippen LogP contribution in [0.15, 0.2) is 48.5 Å². The van der Waals surface area contributed by atoms with Crippen molar-refractivity contribution < 1.29 is 23.1 Å². The molecule has 0 saturated carbocycles. The minimum atomic E-state index is -3.86. The van der Waals surface area contributed by atoms with E-state index in [-0.39, 0.29) is 19.8 Å². The van der Waals surface area contributed by atoms with Crippen LogP contribution in [0, 0.1) is 6.92 Å². The fraction of sp³-hybridized carbons (Fsp3) is 0.409. The van der Waals surface area contributed by atoms with Gasteiger partial charge in [0.05, 0.1) is 19.8 Å². The topological polar surface area (TPSA) is 61.8 Å². The van der Waals surface area contributed by atoms with Crippen molar-refractivity contribution in [2.75, 3.05) is 19.8 Å². The first-order valence-electron chi connectivity index (χ1n) is 9.57. The standard InChI is InChI=1S/C22H29O5P/c1-6-25-21(23)22(5,28(24,26-7-2)27-8-3)20-16-12-15-19(17(20)4)18-13-10-9-11-14-18/h9-16H,6-8H2,1-5H3. The van der Waals surface area contributed by atoms with E-state index in [0.29, 0.717) is 5.56 Å². The van der Waals surface area contributed by atoms with E-state index in [4.69, 9.17) is 13.8 Å². The van der Waals surface area contributed by atoms with Gasteiger partial charge in [-0.2, -0.15) is 0 Å². The summed E-state index contributed by atoms with van der Waals surface area (Å²) in [6.45, 7) is 9.16. The highest BCUT2D eigenvalue weighted by molar-refractivity contribution is 7.56. The Morgan fingerprint density at radius 1 is 0.929 bits per heavy atom. The average Bonchev–Trinajstić information content (AvgIpc) is 2.68. The monoisotopic (exact) mass is 404 g/mol. The molecule has 0 spiro atoms. The van der Waals surface area contributed by atoms with E-state index in [9.17, 15) is 9.36 Å². The van der Waals surface area contributed by atoms with E-state index in [1.807, 2.05) is 49.4 Å². The summed E-state index contributed by atoms with van der Waals surface area (Å²) in [5, 5.41) is -1.58. The van der Waals surface area contributed by atoms with Crippen LogP contribution in [0.3, 0.4) is 0 Å². The van der Waals surface area contributed by atoms with E-state index >= 15 is 0 Å². The van der Waals surface area contributed by atoms with Crippen LogP contribution in [0.4, 0.5) is 0 Å². The van der Waals surface area contributed by atoms with Crippen molar-refractivity contribution in [2.24, 2.45) is 0 Å². The molecule has 0 bridgehead atoms. The highest BCUT2D eigenvalue weighted by Gasteiger charge is 2.56. The van der Waals surface area contributed by atoms with Crippen LogP contribution in [0.1, 0.15) is 38.8 Å². The van der Waals surface area contributed by atoms with Gasteiger partial charge in [0.2, 0.25) is 0 Å². The summed E-state index contributed by atoms with van der Waals surface area (Å²) >= 11 is 0. The minimum Gasteiger partial charge on any atom is -0.465 e. The van der Waals surface area contributed by atoms with E-state index in [1.165, 1.54) is 0 Å². The molecule has 2 rings (SSSR count). The minimum absolute atomic E-state index is 0.156. The summed E-state index contributed by atoms with van der Waals surface area (Å²) in [7, 11) is -3.86. The van der Waals surface area contributed by atoms with Gasteiger partial charge in [-0.1, -0.05) is 48.5 Å². The summed E-state index contributed by atoms with van der Waals surface area (Å²) in [6, 6.07) is 15.5. The third-order valence-electron chi connectivity index (χ3n) is 4.76. The van der Waals surface area contributed by atoms with E-state index in [0.717, 1.165) is 16.7 Å². The van der Waals surface area contributed by atoms with E-state index < -0.39 is 18.7 Å². The number of esters is 1. The lowest BCUT2D eigenvalue weighted by molar-refractivity contribution is -0.147. The third-order valence-corrected chi connectivity index (χ3v) is 7.48. The number of ether oxygens (including phenoxy) is 1. The van der Waals surface area contributed by atoms with E-state index in [1.54, 1.807) is 33.8 Å². The van der Waals surface area contributed by atoms with Gasteiger partial charge in [-0.15, -0.1) is 0 Å². The average molecular weight is 404 g/mol. The number of rotatable bonds is 9. The molecule has 0 aliphatic rings. The summed E-state index contributed by atoms with van der Waals surface area (Å²) in [5.41, 5.74) is 3.38. The first kappa shape index (κ1) is 22.4. The van der Waals surface area contributed by atoms with Crippen LogP contribution >= 0.6 is 7.60 Å². The lowest BCUT2D eigenvalue weighted by Crippen LogP contribution is -2.37. The first-order chi connectivity index (χ1) is 13.4. The fourth-order valence-corrected chi connectivity index (χ4v) is 5.47. The molecule has 1 unspecified atom stereocenters. The quantitative estimate of drug-likeness (QED) is 0.396. The Morgan fingerprint density at radius 2 is 1.54 bits per heavy atom. The van der Waals surface area contributed by atoms with Crippen molar-refractivity contribution in [2.45, 2.75) is 39.8 Å². The number of hydrogen-bond donors (Lipinski definition) is 0. The number of benzene rings is 2. The van der Waals surface area contributed by atoms with Crippen LogP contribution < -0.4 is 0 Å². The maximum Gasteiger partial charge on any atom is 0.352 e. The second kappa shape index (κ2) is 9.51. The molecule has 0 aromatic heterocycles. The van der Waals surface area contributed by atoms with Crippen LogP contribution in [-0.2, 0) is 28.3 Å². The molecule has 152 valence electrons. The molecule has 0 heterocycles. The lowest BCUT2D eigenvalue weighted by Gasteiger charge is -2.35. The molecule has 0 aliphatic heterocycles. The van der Waals surface area contributed by atoms with Gasteiger partial charge in [0.1, 0.15) is 0 Å². The second-order valence-electron chi connectivity index (χ2n) is 6.47. The highest BCUT2D eigenvalue weighted by Crippen LogP contribution is 2.66. The van der Waals surface area contributed by atoms with Crippen LogP contribution in [0.5, 0.6) is 0 Å². The molecule has 0 fully saturated rings. The normalized spacial score (nSPS) is 13.8. The predicted molar refractivity (Wildman–Crippen MR) is 111 cm³/mol. The van der Waals surface area contributed by atoms with Crippen molar-refractivity contribution in [3.63, 3.8) is 0 Å². The number of carbonyl (C=O) groups is 1. The van der Waals surface area contributed by atoms with Crippen LogP contribution in [0.25, 0.3) is 11.1 Å². The molecule has 1 atom stereocenters. The molecule has 0 radical (unpaired) electrons. The van der Waals surface area contributed by atoms with Crippen molar-refractivity contribution in [1.82, 2.24) is 0 Å². The van der Waals surface area contributed by atoms with E-state index in [2.05, 4.69) is 0 Å². The molecule has 0 N–H and O–H groups in total. The third kappa shape index (κ3) is 4.07. The van der Waals surface area contributed by atoms with Gasteiger partial charge in [-0.05, 0) is 56.9 Å². The fourth-order valence-electron chi connectivity index (χ4n) is 3.37. The van der Waals surface area contributed by atoms with Gasteiger partial charge in [0, 0.05) is 0 Å². The zero-order valence-electron chi connectivity index (χ0n) is 17.2. The molecule has 28 heavy (non-hydrogen) atoms. The summed E-state index contributed by atoms with van der Waals surface area (Å²) in [4.78, 5) is 13.1. The molecule has 0 saturated heterocycles. The Morgan fingerprint density at radius 3 is 2.07 bits per heavy atom.